The summed E-state index contributed by atoms with van der Waals surface area (Å²) >= 11 is 0. The van der Waals surface area contributed by atoms with Crippen LogP contribution in [0.15, 0.2) is 59.4 Å². The number of anilines is 2. The van der Waals surface area contributed by atoms with Crippen LogP contribution in [0.3, 0.4) is 0 Å². The van der Waals surface area contributed by atoms with Crippen LogP contribution in [0, 0.1) is 0 Å². The van der Waals surface area contributed by atoms with Crippen LogP contribution in [-0.2, 0) is 24.4 Å². The van der Waals surface area contributed by atoms with Gasteiger partial charge < -0.3 is 15.0 Å². The van der Waals surface area contributed by atoms with E-state index in [4.69, 9.17) is 9.72 Å². The smallest absolute Gasteiger partial charge is 0.257 e. The van der Waals surface area contributed by atoms with Gasteiger partial charge in [-0.05, 0) is 42.7 Å². The Morgan fingerprint density at radius 2 is 1.79 bits per heavy atom. The molecule has 5 rings (SSSR count). The minimum atomic E-state index is -0.112. The summed E-state index contributed by atoms with van der Waals surface area (Å²) in [6.45, 7) is 3.72. The van der Waals surface area contributed by atoms with E-state index in [2.05, 4.69) is 15.2 Å². The summed E-state index contributed by atoms with van der Waals surface area (Å²) in [6, 6.07) is 17.3. The van der Waals surface area contributed by atoms with E-state index >= 15 is 0 Å². The molecule has 34 heavy (non-hydrogen) atoms. The topological polar surface area (TPSA) is 90.6 Å². The van der Waals surface area contributed by atoms with Gasteiger partial charge in [0.05, 0.1) is 17.8 Å². The van der Waals surface area contributed by atoms with Crippen molar-refractivity contribution in [1.82, 2.24) is 14.9 Å². The van der Waals surface area contributed by atoms with Gasteiger partial charge >= 0.3 is 0 Å². The molecule has 3 aromatic rings. The Bertz CT molecular complexity index is 1190. The Hall–Kier alpha value is -3.65. The van der Waals surface area contributed by atoms with Crippen molar-refractivity contribution in [2.45, 2.75) is 32.4 Å². The highest BCUT2D eigenvalue weighted by molar-refractivity contribution is 5.92. The molecule has 8 heteroatoms. The molecule has 3 heterocycles. The molecule has 0 saturated carbocycles. The number of hydrogen-bond acceptors (Lipinski definition) is 6. The lowest BCUT2D eigenvalue weighted by atomic mass is 10.1. The molecule has 0 spiro atoms. The summed E-state index contributed by atoms with van der Waals surface area (Å²) in [5.41, 5.74) is 3.24. The number of nitrogens with zero attached hydrogens (tertiary/aromatic N) is 3. The van der Waals surface area contributed by atoms with Crippen LogP contribution in [0.25, 0.3) is 0 Å². The lowest BCUT2D eigenvalue weighted by Gasteiger charge is -2.28. The molecule has 0 unspecified atom stereocenters. The fraction of sp³-hybridized carbons (Fsp3) is 0.346. The van der Waals surface area contributed by atoms with Gasteiger partial charge in [-0.2, -0.15) is 0 Å². The number of ether oxygens (including phenoxy) is 1. The number of hydrogen-bond donors (Lipinski definition) is 2. The van der Waals surface area contributed by atoms with Crippen molar-refractivity contribution in [3.05, 3.63) is 81.8 Å². The van der Waals surface area contributed by atoms with E-state index in [0.717, 1.165) is 42.9 Å². The highest BCUT2D eigenvalue weighted by Crippen LogP contribution is 2.20. The average molecular weight is 460 g/mol. The summed E-state index contributed by atoms with van der Waals surface area (Å²) in [4.78, 5) is 37.1. The van der Waals surface area contributed by atoms with Gasteiger partial charge in [-0.25, -0.2) is 4.98 Å². The van der Waals surface area contributed by atoms with Gasteiger partial charge in [0.2, 0.25) is 11.9 Å². The number of benzene rings is 2. The first kappa shape index (κ1) is 22.2. The molecule has 2 aliphatic heterocycles. The van der Waals surface area contributed by atoms with Crippen molar-refractivity contribution < 1.29 is 9.53 Å². The van der Waals surface area contributed by atoms with Gasteiger partial charge in [0.1, 0.15) is 12.4 Å². The predicted octanol–water partition coefficient (Wildman–Crippen LogP) is 2.95. The van der Waals surface area contributed by atoms with Gasteiger partial charge in [-0.3, -0.25) is 19.5 Å². The first-order valence-electron chi connectivity index (χ1n) is 11.8. The van der Waals surface area contributed by atoms with Crippen LogP contribution in [0.1, 0.15) is 29.7 Å². The molecule has 2 aliphatic rings. The first-order chi connectivity index (χ1) is 16.6. The highest BCUT2D eigenvalue weighted by atomic mass is 16.5. The van der Waals surface area contributed by atoms with Gasteiger partial charge in [-0.15, -0.1) is 0 Å². The molecule has 0 aliphatic carbocycles. The second-order valence-corrected chi connectivity index (χ2v) is 8.82. The largest absolute Gasteiger partial charge is 0.489 e. The van der Waals surface area contributed by atoms with Crippen molar-refractivity contribution in [3.63, 3.8) is 0 Å². The number of aromatic amines is 1. The summed E-state index contributed by atoms with van der Waals surface area (Å²) < 4.78 is 5.80. The van der Waals surface area contributed by atoms with Crippen molar-refractivity contribution >= 4 is 17.5 Å². The zero-order chi connectivity index (χ0) is 23.3. The summed E-state index contributed by atoms with van der Waals surface area (Å²) in [5, 5.41) is 2.93. The molecule has 0 atom stereocenters. The number of carbonyl (C=O) groups is 1. The maximum absolute atomic E-state index is 12.7. The SMILES string of the molecule is O=C(CN1CCc2nc(N3CCCC3)[nH]c(=O)c2C1)Nc1ccc(OCc2ccccc2)cc1. The number of rotatable bonds is 7. The second-order valence-electron chi connectivity index (χ2n) is 8.82. The minimum absolute atomic E-state index is 0.0944. The van der Waals surface area contributed by atoms with Gasteiger partial charge in [-0.1, -0.05) is 30.3 Å². The minimum Gasteiger partial charge on any atom is -0.489 e. The fourth-order valence-corrected chi connectivity index (χ4v) is 4.46. The molecular formula is C26H29N5O3. The zero-order valence-corrected chi connectivity index (χ0v) is 19.1. The number of fused-ring (bicyclic) bond motifs is 1. The number of nitrogens with one attached hydrogen (secondary N) is 2. The fourth-order valence-electron chi connectivity index (χ4n) is 4.46. The van der Waals surface area contributed by atoms with Crippen LogP contribution >= 0.6 is 0 Å². The van der Waals surface area contributed by atoms with E-state index in [1.165, 1.54) is 0 Å². The monoisotopic (exact) mass is 459 g/mol. The van der Waals surface area contributed by atoms with E-state index in [-0.39, 0.29) is 18.0 Å². The van der Waals surface area contributed by atoms with E-state index in [1.54, 1.807) is 0 Å². The molecule has 1 amide bonds. The Morgan fingerprint density at radius 3 is 2.56 bits per heavy atom. The number of aromatic nitrogens is 2. The lowest BCUT2D eigenvalue weighted by Crippen LogP contribution is -2.40. The Morgan fingerprint density at radius 1 is 1.03 bits per heavy atom. The van der Waals surface area contributed by atoms with Crippen molar-refractivity contribution in [3.8, 4) is 5.75 Å². The predicted molar refractivity (Wildman–Crippen MR) is 131 cm³/mol. The van der Waals surface area contributed by atoms with Crippen LogP contribution < -0.4 is 20.5 Å². The first-order valence-corrected chi connectivity index (χ1v) is 11.8. The molecule has 1 fully saturated rings. The van der Waals surface area contributed by atoms with Gasteiger partial charge in [0.15, 0.2) is 0 Å². The van der Waals surface area contributed by atoms with Crippen LogP contribution in [-0.4, -0.2) is 47.0 Å². The standard InChI is InChI=1S/C26H29N5O3/c32-24(27-20-8-10-21(11-9-20)34-18-19-6-2-1-3-7-19)17-30-15-12-23-22(16-30)25(33)29-26(28-23)31-13-4-5-14-31/h1-3,6-11H,4-5,12-18H2,(H,27,32)(H,28,29,33). The maximum Gasteiger partial charge on any atom is 0.257 e. The van der Waals surface area contributed by atoms with E-state index in [9.17, 15) is 9.59 Å². The number of H-pyrrole nitrogens is 1. The third kappa shape index (κ3) is 5.28. The van der Waals surface area contributed by atoms with Crippen molar-refractivity contribution in [2.24, 2.45) is 0 Å². The zero-order valence-electron chi connectivity index (χ0n) is 19.1. The third-order valence-electron chi connectivity index (χ3n) is 6.29. The summed E-state index contributed by atoms with van der Waals surface area (Å²) in [5.74, 6) is 1.32. The van der Waals surface area contributed by atoms with Crippen LogP contribution in [0.4, 0.5) is 11.6 Å². The van der Waals surface area contributed by atoms with E-state index in [1.807, 2.05) is 59.5 Å². The summed E-state index contributed by atoms with van der Waals surface area (Å²) in [6.07, 6.45) is 2.93. The molecule has 1 aromatic heterocycles. The Labute approximate surface area is 198 Å². The van der Waals surface area contributed by atoms with Crippen LogP contribution in [0.2, 0.25) is 0 Å². The molecular weight excluding hydrogens is 430 g/mol. The molecule has 2 N–H and O–H groups in total. The molecule has 2 aromatic carbocycles. The lowest BCUT2D eigenvalue weighted by molar-refractivity contribution is -0.117. The number of carbonyl (C=O) groups excluding carboxylic acids is 1. The van der Waals surface area contributed by atoms with Gasteiger partial charge in [0.25, 0.3) is 5.56 Å². The van der Waals surface area contributed by atoms with Crippen molar-refractivity contribution in [2.75, 3.05) is 36.4 Å². The second kappa shape index (κ2) is 10.1. The third-order valence-corrected chi connectivity index (χ3v) is 6.29. The van der Waals surface area contributed by atoms with E-state index < -0.39 is 0 Å². The Kier molecular flexibility index (Phi) is 6.58. The molecule has 176 valence electrons. The van der Waals surface area contributed by atoms with Crippen LogP contribution in [0.5, 0.6) is 5.75 Å². The molecule has 8 nitrogen and oxygen atoms in total. The molecule has 1 saturated heterocycles. The summed E-state index contributed by atoms with van der Waals surface area (Å²) in [7, 11) is 0. The average Bonchev–Trinajstić information content (AvgIpc) is 3.40. The van der Waals surface area contributed by atoms with Crippen molar-refractivity contribution in [1.29, 1.82) is 0 Å². The Balaban J connectivity index is 1.14. The molecule has 0 radical (unpaired) electrons. The van der Waals surface area contributed by atoms with E-state index in [0.29, 0.717) is 43.3 Å². The number of amides is 1. The normalized spacial score (nSPS) is 15.7. The quantitative estimate of drug-likeness (QED) is 0.565. The molecule has 0 bridgehead atoms. The maximum atomic E-state index is 12.7. The van der Waals surface area contributed by atoms with Gasteiger partial charge in [0, 0.05) is 38.3 Å². The highest BCUT2D eigenvalue weighted by Gasteiger charge is 2.24.